The number of hydrogen-bond acceptors (Lipinski definition) is 7. The molecule has 5 rings (SSSR count). The second kappa shape index (κ2) is 13.6. The fourth-order valence-corrected chi connectivity index (χ4v) is 5.85. The van der Waals surface area contributed by atoms with Gasteiger partial charge in [0.15, 0.2) is 5.69 Å². The molecular formula is C31H36F3N7O2. The number of unbranched alkanes of at least 4 members (excludes halogenated alkanes) is 2. The highest BCUT2D eigenvalue weighted by molar-refractivity contribution is 6.03. The summed E-state index contributed by atoms with van der Waals surface area (Å²) in [6.07, 6.45) is 0.452. The van der Waals surface area contributed by atoms with Crippen LogP contribution in [0.1, 0.15) is 66.3 Å². The highest BCUT2D eigenvalue weighted by Gasteiger charge is 2.31. The number of morpholine rings is 1. The van der Waals surface area contributed by atoms with Crippen molar-refractivity contribution in [1.29, 1.82) is 5.26 Å². The van der Waals surface area contributed by atoms with Crippen molar-refractivity contribution in [2.75, 3.05) is 49.6 Å². The lowest BCUT2D eigenvalue weighted by atomic mass is 10.0. The van der Waals surface area contributed by atoms with Crippen LogP contribution in [0, 0.1) is 11.3 Å². The monoisotopic (exact) mass is 595 g/mol. The maximum atomic E-state index is 13.4. The number of benzene rings is 2. The molecule has 0 saturated carbocycles. The number of carbonyl (C=O) groups is 1. The molecule has 0 bridgehead atoms. The number of nitrogens with zero attached hydrogens (tertiary/aromatic N) is 6. The van der Waals surface area contributed by atoms with E-state index in [0.29, 0.717) is 29.4 Å². The van der Waals surface area contributed by atoms with Gasteiger partial charge in [-0.1, -0.05) is 31.0 Å². The molecule has 0 aliphatic carbocycles. The first-order chi connectivity index (χ1) is 20.8. The normalized spacial score (nSPS) is 16.7. The Hall–Kier alpha value is -3.95. The van der Waals surface area contributed by atoms with Crippen LogP contribution in [0.3, 0.4) is 0 Å². The molecule has 0 spiro atoms. The zero-order valence-electron chi connectivity index (χ0n) is 24.2. The molecule has 43 heavy (non-hydrogen) atoms. The Morgan fingerprint density at radius 1 is 1.09 bits per heavy atom. The number of nitriles is 1. The van der Waals surface area contributed by atoms with Crippen LogP contribution in [0.5, 0.6) is 0 Å². The molecule has 9 nitrogen and oxygen atoms in total. The Balaban J connectivity index is 1.32. The molecule has 12 heteroatoms. The molecule has 0 unspecified atom stereocenters. The van der Waals surface area contributed by atoms with Gasteiger partial charge in [-0.2, -0.15) is 18.4 Å². The molecule has 1 aromatic heterocycles. The third kappa shape index (κ3) is 7.17. The van der Waals surface area contributed by atoms with Gasteiger partial charge in [-0.05, 0) is 62.1 Å². The predicted octanol–water partition coefficient (Wildman–Crippen LogP) is 5.44. The number of alkyl halides is 3. The highest BCUT2D eigenvalue weighted by atomic mass is 19.4. The first-order valence-corrected chi connectivity index (χ1v) is 14.8. The summed E-state index contributed by atoms with van der Waals surface area (Å²) in [5.41, 5.74) is 1.57. The lowest BCUT2D eigenvalue weighted by Gasteiger charge is -2.41. The van der Waals surface area contributed by atoms with Crippen LogP contribution in [0.25, 0.3) is 5.69 Å². The number of hydrogen-bond donors (Lipinski definition) is 1. The van der Waals surface area contributed by atoms with Gasteiger partial charge in [0.05, 0.1) is 41.4 Å². The topological polar surface area (TPSA) is 99.3 Å². The van der Waals surface area contributed by atoms with E-state index in [1.165, 1.54) is 16.8 Å². The van der Waals surface area contributed by atoms with E-state index in [9.17, 15) is 23.2 Å². The van der Waals surface area contributed by atoms with Gasteiger partial charge < -0.3 is 15.0 Å². The van der Waals surface area contributed by atoms with E-state index in [1.54, 1.807) is 12.1 Å². The van der Waals surface area contributed by atoms with Crippen molar-refractivity contribution in [2.45, 2.75) is 57.7 Å². The fraction of sp³-hybridized carbons (Fsp3) is 0.484. The molecule has 2 fully saturated rings. The number of amides is 1. The predicted molar refractivity (Wildman–Crippen MR) is 156 cm³/mol. The lowest BCUT2D eigenvalue weighted by Crippen LogP contribution is -2.49. The second-order valence-corrected chi connectivity index (χ2v) is 11.0. The summed E-state index contributed by atoms with van der Waals surface area (Å²) in [5.74, 6) is -0.535. The number of nitrogens with one attached hydrogen (secondary N) is 1. The number of anilines is 2. The van der Waals surface area contributed by atoms with E-state index in [2.05, 4.69) is 31.5 Å². The molecule has 1 amide bonds. The quantitative estimate of drug-likeness (QED) is 0.329. The summed E-state index contributed by atoms with van der Waals surface area (Å²) in [4.78, 5) is 18.1. The summed E-state index contributed by atoms with van der Waals surface area (Å²) >= 11 is 0. The fourth-order valence-electron chi connectivity index (χ4n) is 5.85. The van der Waals surface area contributed by atoms with Crippen LogP contribution in [0.15, 0.2) is 42.5 Å². The van der Waals surface area contributed by atoms with E-state index in [4.69, 9.17) is 4.74 Å². The number of ether oxygens (including phenoxy) is 1. The molecule has 0 atom stereocenters. The van der Waals surface area contributed by atoms with E-state index < -0.39 is 17.6 Å². The number of rotatable bonds is 9. The summed E-state index contributed by atoms with van der Waals surface area (Å²) in [6.45, 7) is 7.16. The molecule has 1 N–H and O–H groups in total. The average molecular weight is 596 g/mol. The molecule has 2 saturated heterocycles. The minimum absolute atomic E-state index is 0.0429. The molecule has 0 radical (unpaired) electrons. The molecule has 2 aliphatic rings. The Morgan fingerprint density at radius 3 is 2.56 bits per heavy atom. The van der Waals surface area contributed by atoms with Crippen molar-refractivity contribution in [3.8, 4) is 11.8 Å². The van der Waals surface area contributed by atoms with Crippen LogP contribution in [0.4, 0.5) is 24.5 Å². The van der Waals surface area contributed by atoms with Gasteiger partial charge in [0.1, 0.15) is 6.07 Å². The summed E-state index contributed by atoms with van der Waals surface area (Å²) in [6, 6.07) is 12.9. The molecule has 228 valence electrons. The van der Waals surface area contributed by atoms with Crippen LogP contribution < -0.4 is 10.2 Å². The largest absolute Gasteiger partial charge is 0.416 e. The first kappa shape index (κ1) is 30.5. The van der Waals surface area contributed by atoms with Crippen molar-refractivity contribution < 1.29 is 22.7 Å². The Labute approximate surface area is 249 Å². The van der Waals surface area contributed by atoms with Crippen molar-refractivity contribution in [1.82, 2.24) is 19.9 Å². The minimum Gasteiger partial charge on any atom is -0.379 e. The number of carbonyl (C=O) groups excluding carboxylic acids is 1. The maximum absolute atomic E-state index is 13.4. The molecular weight excluding hydrogens is 559 g/mol. The average Bonchev–Trinajstić information content (AvgIpc) is 3.45. The van der Waals surface area contributed by atoms with Crippen molar-refractivity contribution >= 4 is 17.3 Å². The molecule has 3 heterocycles. The van der Waals surface area contributed by atoms with Crippen LogP contribution in [0.2, 0.25) is 0 Å². The zero-order valence-corrected chi connectivity index (χ0v) is 24.2. The summed E-state index contributed by atoms with van der Waals surface area (Å²) < 4.78 is 46.9. The standard InChI is InChI=1S/C31H36F3N7O2/c1-2-3-4-8-28-29(37-38-41(28)26-7-5-6-23(20-26)31(32,33)34)30(42)36-24-9-10-27(22(19-24)21-35)40-13-11-25(12-14-40)39-15-17-43-18-16-39/h5-7,9-10,19-20,25H,2-4,8,11-18H2,1H3,(H,36,42). The zero-order chi connectivity index (χ0) is 30.4. The van der Waals surface area contributed by atoms with E-state index in [1.807, 2.05) is 13.0 Å². The van der Waals surface area contributed by atoms with Crippen LogP contribution in [-0.4, -0.2) is 71.2 Å². The molecule has 3 aromatic rings. The van der Waals surface area contributed by atoms with E-state index in [-0.39, 0.29) is 11.4 Å². The first-order valence-electron chi connectivity index (χ1n) is 14.8. The van der Waals surface area contributed by atoms with Crippen LogP contribution in [-0.2, 0) is 17.3 Å². The second-order valence-electron chi connectivity index (χ2n) is 11.0. The summed E-state index contributed by atoms with van der Waals surface area (Å²) in [5, 5.41) is 20.9. The van der Waals surface area contributed by atoms with Crippen molar-refractivity contribution in [2.24, 2.45) is 0 Å². The van der Waals surface area contributed by atoms with E-state index >= 15 is 0 Å². The van der Waals surface area contributed by atoms with Gasteiger partial charge in [-0.3, -0.25) is 9.69 Å². The van der Waals surface area contributed by atoms with Crippen molar-refractivity contribution in [3.63, 3.8) is 0 Å². The van der Waals surface area contributed by atoms with Gasteiger partial charge in [0.2, 0.25) is 0 Å². The number of aromatic nitrogens is 3. The van der Waals surface area contributed by atoms with E-state index in [0.717, 1.165) is 89.3 Å². The Kier molecular flexibility index (Phi) is 9.62. The van der Waals surface area contributed by atoms with Crippen LogP contribution >= 0.6 is 0 Å². The molecule has 2 aliphatic heterocycles. The maximum Gasteiger partial charge on any atom is 0.416 e. The molecule has 2 aromatic carbocycles. The summed E-state index contributed by atoms with van der Waals surface area (Å²) in [7, 11) is 0. The van der Waals surface area contributed by atoms with Gasteiger partial charge in [0.25, 0.3) is 5.91 Å². The lowest BCUT2D eigenvalue weighted by molar-refractivity contribution is -0.137. The van der Waals surface area contributed by atoms with Gasteiger partial charge in [0, 0.05) is 37.9 Å². The Morgan fingerprint density at radius 2 is 1.86 bits per heavy atom. The van der Waals surface area contributed by atoms with Crippen molar-refractivity contribution in [3.05, 3.63) is 65.0 Å². The van der Waals surface area contributed by atoms with Gasteiger partial charge >= 0.3 is 6.18 Å². The number of halogens is 3. The SMILES string of the molecule is CCCCCc1c(C(=O)Nc2ccc(N3CCC(N4CCOCC4)CC3)c(C#N)c2)nnn1-c1cccc(C(F)(F)F)c1. The van der Waals surface area contributed by atoms with Gasteiger partial charge in [-0.25, -0.2) is 4.68 Å². The smallest absolute Gasteiger partial charge is 0.379 e. The number of piperidine rings is 1. The third-order valence-electron chi connectivity index (χ3n) is 8.16. The van der Waals surface area contributed by atoms with Gasteiger partial charge in [-0.15, -0.1) is 5.10 Å². The highest BCUT2D eigenvalue weighted by Crippen LogP contribution is 2.31. The minimum atomic E-state index is -4.51. The Bertz CT molecular complexity index is 1450. The third-order valence-corrected chi connectivity index (χ3v) is 8.16.